The van der Waals surface area contributed by atoms with Gasteiger partial charge in [-0.25, -0.2) is 0 Å². The summed E-state index contributed by atoms with van der Waals surface area (Å²) in [4.78, 5) is 36.1. The topological polar surface area (TPSA) is 115 Å². The number of nitrogens with zero attached hydrogens (tertiary/aromatic N) is 1. The molecule has 0 aliphatic carbocycles. The number of benzene rings is 1. The molecule has 1 aromatic carbocycles. The van der Waals surface area contributed by atoms with E-state index < -0.39 is 24.0 Å². The van der Waals surface area contributed by atoms with Crippen molar-refractivity contribution in [3.63, 3.8) is 0 Å². The number of nitriles is 1. The molecule has 0 fully saturated rings. The van der Waals surface area contributed by atoms with Crippen molar-refractivity contribution >= 4 is 17.7 Å². The molecule has 0 radical (unpaired) electrons. The summed E-state index contributed by atoms with van der Waals surface area (Å²) in [5, 5.41) is 11.8. The Balaban J connectivity index is 1.80. The Bertz CT molecular complexity index is 814. The zero-order valence-corrected chi connectivity index (χ0v) is 16.9. The number of nitrogens with one attached hydrogen (secondary N) is 1. The molecule has 0 unspecified atom stereocenters. The second kappa shape index (κ2) is 9.92. The molecule has 8 heteroatoms. The van der Waals surface area contributed by atoms with Crippen LogP contribution in [0.15, 0.2) is 18.2 Å². The fourth-order valence-electron chi connectivity index (χ4n) is 2.54. The number of ether oxygens (including phenoxy) is 3. The van der Waals surface area contributed by atoms with Crippen LogP contribution in [0.25, 0.3) is 0 Å². The second-order valence-electron chi connectivity index (χ2n) is 7.31. The average molecular weight is 402 g/mol. The minimum Gasteiger partial charge on any atom is -0.490 e. The van der Waals surface area contributed by atoms with Crippen molar-refractivity contribution in [2.24, 2.45) is 5.92 Å². The molecule has 0 saturated heterocycles. The Morgan fingerprint density at radius 2 is 1.90 bits per heavy atom. The van der Waals surface area contributed by atoms with E-state index in [1.807, 2.05) is 6.07 Å². The lowest BCUT2D eigenvalue weighted by atomic mass is 9.90. The summed E-state index contributed by atoms with van der Waals surface area (Å²) in [6.07, 6.45) is 0.560. The van der Waals surface area contributed by atoms with E-state index in [0.29, 0.717) is 30.3 Å². The third kappa shape index (κ3) is 6.21. The van der Waals surface area contributed by atoms with Gasteiger partial charge in [0.15, 0.2) is 23.9 Å². The highest BCUT2D eigenvalue weighted by Gasteiger charge is 2.30. The molecule has 0 saturated carbocycles. The fraction of sp³-hybridized carbons (Fsp3) is 0.524. The Labute approximate surface area is 170 Å². The summed E-state index contributed by atoms with van der Waals surface area (Å²) in [5.74, 6) is -0.469. The highest BCUT2D eigenvalue weighted by atomic mass is 16.5. The van der Waals surface area contributed by atoms with E-state index in [4.69, 9.17) is 14.2 Å². The van der Waals surface area contributed by atoms with Gasteiger partial charge in [-0.3, -0.25) is 14.4 Å². The molecule has 1 N–H and O–H groups in total. The van der Waals surface area contributed by atoms with Crippen LogP contribution in [-0.4, -0.2) is 43.0 Å². The van der Waals surface area contributed by atoms with E-state index >= 15 is 0 Å². The summed E-state index contributed by atoms with van der Waals surface area (Å²) in [7, 11) is 0. The third-order valence-corrected chi connectivity index (χ3v) is 4.78. The van der Waals surface area contributed by atoms with Crippen molar-refractivity contribution in [2.75, 3.05) is 19.8 Å². The predicted octanol–water partition coefficient (Wildman–Crippen LogP) is 2.41. The molecule has 1 aliphatic rings. The van der Waals surface area contributed by atoms with Gasteiger partial charge >= 0.3 is 5.97 Å². The summed E-state index contributed by atoms with van der Waals surface area (Å²) < 4.78 is 16.0. The largest absolute Gasteiger partial charge is 0.490 e. The monoisotopic (exact) mass is 402 g/mol. The van der Waals surface area contributed by atoms with Crippen molar-refractivity contribution in [3.8, 4) is 17.6 Å². The molecule has 0 aromatic heterocycles. The first kappa shape index (κ1) is 22.2. The summed E-state index contributed by atoms with van der Waals surface area (Å²) in [6, 6.07) is 6.96. The van der Waals surface area contributed by atoms with Gasteiger partial charge < -0.3 is 19.5 Å². The standard InChI is InChI=1S/C21H26N2O6/c1-14(2)21(3,13-22)23-19(25)12-29-20(26)8-6-16(24)15-5-7-17-18(11-15)28-10-4-9-27-17/h5,7,11,14H,4,6,8-10,12H2,1-3H3,(H,23,25)/t21-/m1/s1. The number of carbonyl (C=O) groups is 3. The molecule has 2 rings (SSSR count). The van der Waals surface area contributed by atoms with Crippen LogP contribution < -0.4 is 14.8 Å². The summed E-state index contributed by atoms with van der Waals surface area (Å²) in [5.41, 5.74) is -0.627. The maximum Gasteiger partial charge on any atom is 0.306 e. The first-order valence-electron chi connectivity index (χ1n) is 9.56. The van der Waals surface area contributed by atoms with Crippen molar-refractivity contribution in [3.05, 3.63) is 23.8 Å². The molecule has 1 atom stereocenters. The number of Topliss-reactive ketones (excluding diaryl/α,β-unsaturated/α-hetero) is 1. The lowest BCUT2D eigenvalue weighted by Gasteiger charge is -2.27. The highest BCUT2D eigenvalue weighted by molar-refractivity contribution is 5.98. The number of carbonyl (C=O) groups excluding carboxylic acids is 3. The molecular formula is C21H26N2O6. The quantitative estimate of drug-likeness (QED) is 0.524. The molecule has 156 valence electrons. The third-order valence-electron chi connectivity index (χ3n) is 4.78. The number of amides is 1. The minimum atomic E-state index is -1.05. The van der Waals surface area contributed by atoms with Gasteiger partial charge in [0.05, 0.1) is 25.7 Å². The van der Waals surface area contributed by atoms with Crippen molar-refractivity contribution in [1.29, 1.82) is 5.26 Å². The first-order chi connectivity index (χ1) is 13.7. The molecule has 1 aromatic rings. The molecule has 1 amide bonds. The first-order valence-corrected chi connectivity index (χ1v) is 9.56. The van der Waals surface area contributed by atoms with Gasteiger partial charge in [0.2, 0.25) is 0 Å². The van der Waals surface area contributed by atoms with Gasteiger partial charge in [-0.1, -0.05) is 13.8 Å². The van der Waals surface area contributed by atoms with Gasteiger partial charge in [0.1, 0.15) is 5.54 Å². The van der Waals surface area contributed by atoms with Gasteiger partial charge in [-0.2, -0.15) is 5.26 Å². The van der Waals surface area contributed by atoms with Gasteiger partial charge in [-0.15, -0.1) is 0 Å². The van der Waals surface area contributed by atoms with Gasteiger partial charge in [-0.05, 0) is 31.0 Å². The maximum atomic E-state index is 12.3. The smallest absolute Gasteiger partial charge is 0.306 e. The number of hydrogen-bond acceptors (Lipinski definition) is 7. The van der Waals surface area contributed by atoms with E-state index in [1.54, 1.807) is 39.0 Å². The number of hydrogen-bond donors (Lipinski definition) is 1. The minimum absolute atomic E-state index is 0.0536. The van der Waals surface area contributed by atoms with Crippen LogP contribution >= 0.6 is 0 Å². The number of esters is 1. The van der Waals surface area contributed by atoms with E-state index in [2.05, 4.69) is 5.32 Å². The Kier molecular flexibility index (Phi) is 7.59. The number of ketones is 1. The molecule has 1 heterocycles. The summed E-state index contributed by atoms with van der Waals surface area (Å²) in [6.45, 7) is 5.79. The molecule has 8 nitrogen and oxygen atoms in total. The second-order valence-corrected chi connectivity index (χ2v) is 7.31. The van der Waals surface area contributed by atoms with Crippen molar-refractivity contribution in [2.45, 2.75) is 45.6 Å². The van der Waals surface area contributed by atoms with Crippen LogP contribution in [-0.2, 0) is 14.3 Å². The van der Waals surface area contributed by atoms with Crippen molar-refractivity contribution < 1.29 is 28.6 Å². The van der Waals surface area contributed by atoms with Crippen LogP contribution in [0.1, 0.15) is 50.4 Å². The SMILES string of the molecule is CC(C)[C@@](C)(C#N)NC(=O)COC(=O)CCC(=O)c1ccc2c(c1)OCCCO2. The maximum absolute atomic E-state index is 12.3. The molecule has 0 spiro atoms. The van der Waals surface area contributed by atoms with E-state index in [0.717, 1.165) is 6.42 Å². The van der Waals surface area contributed by atoms with Crippen LogP contribution in [0, 0.1) is 17.2 Å². The molecule has 1 aliphatic heterocycles. The molecular weight excluding hydrogens is 376 g/mol. The number of fused-ring (bicyclic) bond motifs is 1. The van der Waals surface area contributed by atoms with Gasteiger partial charge in [0.25, 0.3) is 5.91 Å². The average Bonchev–Trinajstić information content (AvgIpc) is 2.94. The van der Waals surface area contributed by atoms with Crippen molar-refractivity contribution in [1.82, 2.24) is 5.32 Å². The molecule has 29 heavy (non-hydrogen) atoms. The zero-order valence-electron chi connectivity index (χ0n) is 16.9. The lowest BCUT2D eigenvalue weighted by molar-refractivity contribution is -0.148. The predicted molar refractivity (Wildman–Crippen MR) is 104 cm³/mol. The van der Waals surface area contributed by atoms with Gasteiger partial charge in [0, 0.05) is 18.4 Å². The van der Waals surface area contributed by atoms with Crippen LogP contribution in [0.4, 0.5) is 0 Å². The molecule has 0 bridgehead atoms. The van der Waals surface area contributed by atoms with E-state index in [1.165, 1.54) is 0 Å². The Morgan fingerprint density at radius 1 is 1.21 bits per heavy atom. The lowest BCUT2D eigenvalue weighted by Crippen LogP contribution is -2.50. The zero-order chi connectivity index (χ0) is 21.4. The van der Waals surface area contributed by atoms with E-state index in [9.17, 15) is 19.6 Å². The Hall–Kier alpha value is -3.08. The highest BCUT2D eigenvalue weighted by Crippen LogP contribution is 2.30. The van der Waals surface area contributed by atoms with Crippen LogP contribution in [0.3, 0.4) is 0 Å². The van der Waals surface area contributed by atoms with Crippen LogP contribution in [0.2, 0.25) is 0 Å². The van der Waals surface area contributed by atoms with E-state index in [-0.39, 0.29) is 24.5 Å². The Morgan fingerprint density at radius 3 is 2.55 bits per heavy atom. The normalized spacial score (nSPS) is 14.9. The summed E-state index contributed by atoms with van der Waals surface area (Å²) >= 11 is 0. The fourth-order valence-corrected chi connectivity index (χ4v) is 2.54. The number of rotatable bonds is 8. The van der Waals surface area contributed by atoms with Crippen LogP contribution in [0.5, 0.6) is 11.5 Å².